The number of hydrogen-bond donors (Lipinski definition) is 0. The highest BCUT2D eigenvalue weighted by atomic mass is 35.5. The fourth-order valence-electron chi connectivity index (χ4n) is 5.94. The van der Waals surface area contributed by atoms with E-state index in [4.69, 9.17) is 27.9 Å². The Labute approximate surface area is 252 Å². The number of likely N-dealkylation sites (tertiary alicyclic amines) is 1. The van der Waals surface area contributed by atoms with E-state index >= 15 is 0 Å². The van der Waals surface area contributed by atoms with Crippen LogP contribution in [0.3, 0.4) is 0 Å². The van der Waals surface area contributed by atoms with E-state index < -0.39 is 5.60 Å². The van der Waals surface area contributed by atoms with Crippen molar-refractivity contribution >= 4 is 34.8 Å². The standard InChI is InChI=1S/C33H36Cl2FN3O2/c1-22-5-7-24(8-6-22)21-37(3)32(40)27(25-9-11-29(34)30(35)19-25)13-16-39-17-14-33(15-18-39)28-20-26(36)10-12-31(28)38(4)23(2)41-33/h5-12,19-20,27H,2,13-18,21H2,1,3-4H3. The molecule has 41 heavy (non-hydrogen) atoms. The number of rotatable bonds is 7. The van der Waals surface area contributed by atoms with Gasteiger partial charge in [-0.25, -0.2) is 4.39 Å². The Morgan fingerprint density at radius 2 is 1.78 bits per heavy atom. The van der Waals surface area contributed by atoms with Crippen LogP contribution in [0.25, 0.3) is 0 Å². The van der Waals surface area contributed by atoms with Crippen LogP contribution in [-0.2, 0) is 21.7 Å². The van der Waals surface area contributed by atoms with Gasteiger partial charge in [0.25, 0.3) is 0 Å². The van der Waals surface area contributed by atoms with Gasteiger partial charge in [0, 0.05) is 52.1 Å². The van der Waals surface area contributed by atoms with E-state index in [-0.39, 0.29) is 17.6 Å². The molecule has 216 valence electrons. The Kier molecular flexibility index (Phi) is 8.65. The lowest BCUT2D eigenvalue weighted by atomic mass is 9.81. The number of carbonyl (C=O) groups is 1. The number of anilines is 1. The number of fused-ring (bicyclic) bond motifs is 2. The van der Waals surface area contributed by atoms with E-state index in [0.717, 1.165) is 42.0 Å². The minimum Gasteiger partial charge on any atom is -0.468 e. The minimum absolute atomic E-state index is 0.0387. The first kappa shape index (κ1) is 29.4. The fraction of sp³-hybridized carbons (Fsp3) is 0.364. The first-order valence-corrected chi connectivity index (χ1v) is 14.7. The van der Waals surface area contributed by atoms with Crippen LogP contribution in [0.2, 0.25) is 10.0 Å². The van der Waals surface area contributed by atoms with Crippen LogP contribution < -0.4 is 4.90 Å². The number of halogens is 3. The number of likely N-dealkylation sites (N-methyl/N-ethyl adjacent to an activating group) is 1. The third-order valence-corrected chi connectivity index (χ3v) is 9.20. The third kappa shape index (κ3) is 6.25. The summed E-state index contributed by atoms with van der Waals surface area (Å²) >= 11 is 12.6. The highest BCUT2D eigenvalue weighted by Gasteiger charge is 2.44. The number of benzene rings is 3. The SMILES string of the molecule is C=C1OC2(CCN(CCC(C(=O)N(C)Cc3ccc(C)cc3)c3ccc(Cl)c(Cl)c3)CC2)c2cc(F)ccc2N1C. The molecule has 2 aliphatic rings. The summed E-state index contributed by atoms with van der Waals surface area (Å²) < 4.78 is 20.7. The van der Waals surface area contributed by atoms with Gasteiger partial charge in [-0.3, -0.25) is 4.79 Å². The predicted octanol–water partition coefficient (Wildman–Crippen LogP) is 7.50. The van der Waals surface area contributed by atoms with E-state index in [1.807, 2.05) is 32.0 Å². The van der Waals surface area contributed by atoms with Gasteiger partial charge in [-0.15, -0.1) is 0 Å². The second kappa shape index (κ2) is 12.0. The molecule has 0 radical (unpaired) electrons. The maximum atomic E-state index is 14.3. The second-order valence-corrected chi connectivity index (χ2v) is 12.1. The Bertz CT molecular complexity index is 1440. The van der Waals surface area contributed by atoms with Crippen molar-refractivity contribution in [2.24, 2.45) is 0 Å². The molecule has 0 N–H and O–H groups in total. The molecule has 1 unspecified atom stereocenters. The van der Waals surface area contributed by atoms with Crippen LogP contribution in [-0.4, -0.2) is 49.4 Å². The molecule has 5 nitrogen and oxygen atoms in total. The van der Waals surface area contributed by atoms with E-state index in [1.54, 1.807) is 29.2 Å². The normalized spacial score (nSPS) is 17.2. The van der Waals surface area contributed by atoms with Gasteiger partial charge >= 0.3 is 0 Å². The molecular formula is C33H36Cl2FN3O2. The first-order valence-electron chi connectivity index (χ1n) is 14.0. The summed E-state index contributed by atoms with van der Waals surface area (Å²) in [6.45, 7) is 8.91. The fourth-order valence-corrected chi connectivity index (χ4v) is 6.25. The average Bonchev–Trinajstić information content (AvgIpc) is 2.96. The van der Waals surface area contributed by atoms with Crippen LogP contribution in [0.15, 0.2) is 73.1 Å². The first-order chi connectivity index (χ1) is 19.6. The zero-order chi connectivity index (χ0) is 29.3. The van der Waals surface area contributed by atoms with Crippen molar-refractivity contribution in [1.29, 1.82) is 0 Å². The van der Waals surface area contributed by atoms with Gasteiger partial charge in [-0.2, -0.15) is 0 Å². The molecule has 0 bridgehead atoms. The molecule has 1 saturated heterocycles. The second-order valence-electron chi connectivity index (χ2n) is 11.2. The number of aryl methyl sites for hydroxylation is 1. The number of piperidine rings is 1. The summed E-state index contributed by atoms with van der Waals surface area (Å²) in [6, 6.07) is 18.6. The van der Waals surface area contributed by atoms with Crippen LogP contribution in [0.5, 0.6) is 0 Å². The molecule has 3 aromatic rings. The largest absolute Gasteiger partial charge is 0.468 e. The van der Waals surface area contributed by atoms with Gasteiger partial charge < -0.3 is 19.4 Å². The van der Waals surface area contributed by atoms with E-state index in [0.29, 0.717) is 41.7 Å². The molecular weight excluding hydrogens is 560 g/mol. The number of hydrogen-bond acceptors (Lipinski definition) is 4. The molecule has 3 aromatic carbocycles. The summed E-state index contributed by atoms with van der Waals surface area (Å²) in [7, 11) is 3.73. The molecule has 0 aliphatic carbocycles. The Morgan fingerprint density at radius 1 is 1.07 bits per heavy atom. The monoisotopic (exact) mass is 595 g/mol. The molecule has 2 heterocycles. The Hall–Kier alpha value is -3.06. The van der Waals surface area contributed by atoms with Gasteiger partial charge in [0.15, 0.2) is 5.88 Å². The molecule has 1 spiro atoms. The molecule has 2 aliphatic heterocycles. The van der Waals surface area contributed by atoms with E-state index in [9.17, 15) is 9.18 Å². The summed E-state index contributed by atoms with van der Waals surface area (Å²) in [5.74, 6) is -0.0330. The zero-order valence-corrected chi connectivity index (χ0v) is 25.3. The van der Waals surface area contributed by atoms with Crippen molar-refractivity contribution in [3.63, 3.8) is 0 Å². The summed E-state index contributed by atoms with van der Waals surface area (Å²) in [5.41, 5.74) is 4.31. The van der Waals surface area contributed by atoms with Gasteiger partial charge in [0.2, 0.25) is 5.91 Å². The Balaban J connectivity index is 1.30. The van der Waals surface area contributed by atoms with Crippen LogP contribution in [0.4, 0.5) is 10.1 Å². The highest BCUT2D eigenvalue weighted by Crippen LogP contribution is 2.47. The molecule has 8 heteroatoms. The number of carbonyl (C=O) groups excluding carboxylic acids is 1. The molecule has 0 saturated carbocycles. The van der Waals surface area contributed by atoms with E-state index in [1.165, 1.54) is 11.6 Å². The predicted molar refractivity (Wildman–Crippen MR) is 164 cm³/mol. The average molecular weight is 597 g/mol. The molecule has 5 rings (SSSR count). The van der Waals surface area contributed by atoms with Gasteiger partial charge in [-0.1, -0.05) is 59.1 Å². The lowest BCUT2D eigenvalue weighted by Gasteiger charge is -2.48. The van der Waals surface area contributed by atoms with Gasteiger partial charge in [-0.05, 0) is 67.9 Å². The van der Waals surface area contributed by atoms with Crippen LogP contribution in [0.1, 0.15) is 47.4 Å². The van der Waals surface area contributed by atoms with Crippen molar-refractivity contribution in [2.75, 3.05) is 38.6 Å². The summed E-state index contributed by atoms with van der Waals surface area (Å²) in [5, 5.41) is 0.904. The van der Waals surface area contributed by atoms with E-state index in [2.05, 4.69) is 35.7 Å². The van der Waals surface area contributed by atoms with Crippen molar-refractivity contribution < 1.29 is 13.9 Å². The maximum absolute atomic E-state index is 14.3. The van der Waals surface area contributed by atoms with Crippen molar-refractivity contribution in [3.8, 4) is 0 Å². The lowest BCUT2D eigenvalue weighted by molar-refractivity contribution is -0.132. The number of amides is 1. The molecule has 1 amide bonds. The molecule has 1 fully saturated rings. The lowest BCUT2D eigenvalue weighted by Crippen LogP contribution is -2.48. The Morgan fingerprint density at radius 3 is 2.46 bits per heavy atom. The summed E-state index contributed by atoms with van der Waals surface area (Å²) in [6.07, 6.45) is 2.04. The number of ether oxygens (including phenoxy) is 1. The van der Waals surface area contributed by atoms with Crippen molar-refractivity contribution in [3.05, 3.63) is 111 Å². The van der Waals surface area contributed by atoms with Gasteiger partial charge in [0.1, 0.15) is 11.4 Å². The molecule has 1 atom stereocenters. The summed E-state index contributed by atoms with van der Waals surface area (Å²) in [4.78, 5) is 19.8. The third-order valence-electron chi connectivity index (χ3n) is 8.46. The molecule has 0 aromatic heterocycles. The quantitative estimate of drug-likeness (QED) is 0.283. The zero-order valence-electron chi connectivity index (χ0n) is 23.8. The smallest absolute Gasteiger partial charge is 0.230 e. The van der Waals surface area contributed by atoms with Gasteiger partial charge in [0.05, 0.1) is 21.7 Å². The highest BCUT2D eigenvalue weighted by molar-refractivity contribution is 6.42. The van der Waals surface area contributed by atoms with Crippen molar-refractivity contribution in [1.82, 2.24) is 9.80 Å². The van der Waals surface area contributed by atoms with Crippen molar-refractivity contribution in [2.45, 2.75) is 44.2 Å². The minimum atomic E-state index is -0.606. The maximum Gasteiger partial charge on any atom is 0.230 e. The van der Waals surface area contributed by atoms with Crippen LogP contribution in [0, 0.1) is 12.7 Å². The number of nitrogens with zero attached hydrogens (tertiary/aromatic N) is 3. The topological polar surface area (TPSA) is 36.0 Å². The van der Waals surface area contributed by atoms with Crippen LogP contribution >= 0.6 is 23.2 Å².